The number of carbonyl (C=O) groups excluding carboxylic acids is 1. The van der Waals surface area contributed by atoms with Gasteiger partial charge >= 0.3 is 0 Å². The number of hydrogen-bond donors (Lipinski definition) is 0. The van der Waals surface area contributed by atoms with Crippen molar-refractivity contribution in [3.8, 4) is 6.07 Å². The smallest absolute Gasteiger partial charge is 0.240 e. The number of amides is 1. The number of carbonyl (C=O) groups is 1. The first-order valence-corrected chi connectivity index (χ1v) is 7.99. The van der Waals surface area contributed by atoms with Gasteiger partial charge in [0.15, 0.2) is 0 Å². The fraction of sp³-hybridized carbons (Fsp3) is 0.600. The highest BCUT2D eigenvalue weighted by Crippen LogP contribution is 2.36. The average molecular weight is 290 g/mol. The van der Waals surface area contributed by atoms with E-state index in [1.807, 2.05) is 22.4 Å². The van der Waals surface area contributed by atoms with Gasteiger partial charge in [-0.2, -0.15) is 5.26 Å². The molecule has 20 heavy (non-hydrogen) atoms. The fourth-order valence-electron chi connectivity index (χ4n) is 2.61. The molecule has 0 radical (unpaired) electrons. The second kappa shape index (κ2) is 5.94. The third kappa shape index (κ3) is 3.02. The summed E-state index contributed by atoms with van der Waals surface area (Å²) in [5, 5.41) is 11.2. The number of nitriles is 1. The number of hydrogen-bond acceptors (Lipinski definition) is 4. The minimum atomic E-state index is -0.468. The summed E-state index contributed by atoms with van der Waals surface area (Å²) in [5.41, 5.74) is 0. The fourth-order valence-corrected chi connectivity index (χ4v) is 3.38. The Hall–Kier alpha value is -1.38. The van der Waals surface area contributed by atoms with Crippen molar-refractivity contribution in [1.82, 2.24) is 4.90 Å². The third-order valence-electron chi connectivity index (χ3n) is 3.96. The molecule has 2 fully saturated rings. The van der Waals surface area contributed by atoms with Gasteiger partial charge in [-0.1, -0.05) is 18.9 Å². The third-order valence-corrected chi connectivity index (χ3v) is 4.92. The van der Waals surface area contributed by atoms with Crippen LogP contribution in [0.1, 0.15) is 30.2 Å². The summed E-state index contributed by atoms with van der Waals surface area (Å²) >= 11 is 1.65. The number of thiophene rings is 1. The van der Waals surface area contributed by atoms with E-state index in [1.165, 1.54) is 12.8 Å². The molecule has 5 heteroatoms. The van der Waals surface area contributed by atoms with Gasteiger partial charge in [-0.25, -0.2) is 0 Å². The Labute approximate surface area is 123 Å². The lowest BCUT2D eigenvalue weighted by Crippen LogP contribution is -2.44. The van der Waals surface area contributed by atoms with Gasteiger partial charge in [-0.15, -0.1) is 11.3 Å². The first-order chi connectivity index (χ1) is 9.78. The van der Waals surface area contributed by atoms with Crippen LogP contribution >= 0.6 is 11.3 Å². The molecule has 0 bridgehead atoms. The van der Waals surface area contributed by atoms with Gasteiger partial charge in [0.25, 0.3) is 0 Å². The van der Waals surface area contributed by atoms with E-state index < -0.39 is 5.92 Å². The van der Waals surface area contributed by atoms with Crippen LogP contribution in [0.4, 0.5) is 0 Å². The maximum atomic E-state index is 12.5. The molecule has 2 aliphatic rings. The Kier molecular flexibility index (Phi) is 4.04. The summed E-state index contributed by atoms with van der Waals surface area (Å²) < 4.78 is 5.74. The molecule has 1 aromatic heterocycles. The van der Waals surface area contributed by atoms with Crippen molar-refractivity contribution in [1.29, 1.82) is 5.26 Å². The first-order valence-electron chi connectivity index (χ1n) is 7.11. The van der Waals surface area contributed by atoms with Gasteiger partial charge in [0.1, 0.15) is 12.0 Å². The Morgan fingerprint density at radius 2 is 2.45 bits per heavy atom. The molecule has 2 atom stereocenters. The van der Waals surface area contributed by atoms with Crippen LogP contribution < -0.4 is 0 Å². The van der Waals surface area contributed by atoms with Gasteiger partial charge in [0, 0.05) is 11.4 Å². The predicted molar refractivity (Wildman–Crippen MR) is 76.0 cm³/mol. The molecular formula is C15H18N2O2S. The molecule has 1 aliphatic heterocycles. The summed E-state index contributed by atoms with van der Waals surface area (Å²) in [6.45, 7) is 1.72. The lowest BCUT2D eigenvalue weighted by atomic mass is 10.0. The minimum absolute atomic E-state index is 0.00995. The molecule has 1 saturated carbocycles. The lowest BCUT2D eigenvalue weighted by Gasteiger charge is -2.33. The summed E-state index contributed by atoms with van der Waals surface area (Å²) in [4.78, 5) is 15.4. The van der Waals surface area contributed by atoms with Gasteiger partial charge < -0.3 is 9.64 Å². The van der Waals surface area contributed by atoms with Crippen molar-refractivity contribution >= 4 is 17.2 Å². The zero-order valence-electron chi connectivity index (χ0n) is 11.3. The quantitative estimate of drug-likeness (QED) is 0.856. The maximum Gasteiger partial charge on any atom is 0.240 e. The zero-order chi connectivity index (χ0) is 13.9. The number of morpholine rings is 1. The van der Waals surface area contributed by atoms with Gasteiger partial charge in [-0.05, 0) is 23.8 Å². The summed E-state index contributed by atoms with van der Waals surface area (Å²) in [6, 6.07) is 6.22. The van der Waals surface area contributed by atoms with Crippen molar-refractivity contribution in [2.45, 2.75) is 25.4 Å². The monoisotopic (exact) mass is 290 g/mol. The van der Waals surface area contributed by atoms with Crippen molar-refractivity contribution in [2.24, 2.45) is 11.8 Å². The van der Waals surface area contributed by atoms with Crippen LogP contribution in [-0.2, 0) is 9.53 Å². The molecule has 0 unspecified atom stereocenters. The van der Waals surface area contributed by atoms with Crippen molar-refractivity contribution < 1.29 is 9.53 Å². The van der Waals surface area contributed by atoms with E-state index in [4.69, 9.17) is 4.74 Å². The highest BCUT2D eigenvalue weighted by atomic mass is 32.1. The van der Waals surface area contributed by atoms with Gasteiger partial charge in [0.05, 0.1) is 19.2 Å². The van der Waals surface area contributed by atoms with Crippen LogP contribution in [0.3, 0.4) is 0 Å². The van der Waals surface area contributed by atoms with Crippen LogP contribution in [0, 0.1) is 23.2 Å². The van der Waals surface area contributed by atoms with Crippen LogP contribution in [0.25, 0.3) is 0 Å². The van der Waals surface area contributed by atoms with E-state index in [2.05, 4.69) is 6.07 Å². The molecule has 1 aliphatic carbocycles. The highest BCUT2D eigenvalue weighted by Gasteiger charge is 2.34. The second-order valence-corrected chi connectivity index (χ2v) is 6.50. The molecule has 4 nitrogen and oxygen atoms in total. The van der Waals surface area contributed by atoms with E-state index in [1.54, 1.807) is 11.3 Å². The van der Waals surface area contributed by atoms with Gasteiger partial charge in [0.2, 0.25) is 5.91 Å². The van der Waals surface area contributed by atoms with Crippen LogP contribution in [0.2, 0.25) is 0 Å². The Balaban J connectivity index is 1.63. The Bertz CT molecular complexity index is 504. The lowest BCUT2D eigenvalue weighted by molar-refractivity contribution is -0.141. The average Bonchev–Trinajstić information content (AvgIpc) is 3.14. The standard InChI is InChI=1S/C15H18N2O2S/c16-9-12(8-11-3-4-11)15(18)17-5-6-19-13(10-17)14-2-1-7-20-14/h1-2,7,11-13H,3-6,8,10H2/t12-,13+/m1/s1. The highest BCUT2D eigenvalue weighted by molar-refractivity contribution is 7.10. The number of rotatable bonds is 4. The van der Waals surface area contributed by atoms with Crippen LogP contribution in [0.15, 0.2) is 17.5 Å². The van der Waals surface area contributed by atoms with E-state index in [0.717, 1.165) is 11.3 Å². The number of ether oxygens (including phenoxy) is 1. The van der Waals surface area contributed by atoms with E-state index >= 15 is 0 Å². The Morgan fingerprint density at radius 3 is 3.10 bits per heavy atom. The minimum Gasteiger partial charge on any atom is -0.369 e. The van der Waals surface area contributed by atoms with E-state index in [0.29, 0.717) is 25.6 Å². The molecule has 1 saturated heterocycles. The molecule has 2 heterocycles. The molecule has 0 spiro atoms. The topological polar surface area (TPSA) is 53.3 Å². The second-order valence-electron chi connectivity index (χ2n) is 5.52. The van der Waals surface area contributed by atoms with Crippen LogP contribution in [-0.4, -0.2) is 30.5 Å². The summed E-state index contributed by atoms with van der Waals surface area (Å²) in [6.07, 6.45) is 3.04. The van der Waals surface area contributed by atoms with Crippen LogP contribution in [0.5, 0.6) is 0 Å². The normalized spacial score (nSPS) is 24.1. The SMILES string of the molecule is N#C[C@@H](CC1CC1)C(=O)N1CCO[C@H](c2cccs2)C1. The first kappa shape index (κ1) is 13.6. The zero-order valence-corrected chi connectivity index (χ0v) is 12.1. The molecule has 1 aromatic rings. The summed E-state index contributed by atoms with van der Waals surface area (Å²) in [5.74, 6) is 0.117. The predicted octanol–water partition coefficient (Wildman–Crippen LogP) is 2.59. The maximum absolute atomic E-state index is 12.5. The molecule has 0 aromatic carbocycles. The largest absolute Gasteiger partial charge is 0.369 e. The molecular weight excluding hydrogens is 272 g/mol. The summed E-state index contributed by atoms with van der Waals surface area (Å²) in [7, 11) is 0. The van der Waals surface area contributed by atoms with Crippen molar-refractivity contribution in [3.63, 3.8) is 0 Å². The molecule has 106 valence electrons. The van der Waals surface area contributed by atoms with E-state index in [-0.39, 0.29) is 12.0 Å². The molecule has 0 N–H and O–H groups in total. The Morgan fingerprint density at radius 1 is 1.60 bits per heavy atom. The molecule has 3 rings (SSSR count). The van der Waals surface area contributed by atoms with Crippen molar-refractivity contribution in [2.75, 3.05) is 19.7 Å². The molecule has 1 amide bonds. The van der Waals surface area contributed by atoms with Crippen molar-refractivity contribution in [3.05, 3.63) is 22.4 Å². The van der Waals surface area contributed by atoms with E-state index in [9.17, 15) is 10.1 Å². The number of nitrogens with zero attached hydrogens (tertiary/aromatic N) is 2. The van der Waals surface area contributed by atoms with Gasteiger partial charge in [-0.3, -0.25) is 4.79 Å².